The molecule has 0 aliphatic rings. The number of pyridine rings is 1. The number of aromatic nitrogens is 1. The average Bonchev–Trinajstić information content (AvgIpc) is 2.61. The molecule has 2 rings (SSSR count). The Bertz CT molecular complexity index is 777. The summed E-state index contributed by atoms with van der Waals surface area (Å²) in [6, 6.07) is 12.0. The molecule has 3 N–H and O–H groups in total. The molecule has 8 heteroatoms. The van der Waals surface area contributed by atoms with E-state index in [2.05, 4.69) is 20.3 Å². The number of rotatable bonds is 7. The first kappa shape index (κ1) is 17.9. The van der Waals surface area contributed by atoms with E-state index in [0.29, 0.717) is 12.4 Å². The first-order valence-electron chi connectivity index (χ1n) is 7.40. The Kier molecular flexibility index (Phi) is 5.88. The van der Waals surface area contributed by atoms with Crippen molar-refractivity contribution in [2.75, 3.05) is 12.4 Å². The Balaban J connectivity index is 1.91. The van der Waals surface area contributed by atoms with Crippen molar-refractivity contribution in [2.24, 2.45) is 0 Å². The zero-order valence-corrected chi connectivity index (χ0v) is 14.3. The Morgan fingerprint density at radius 2 is 1.88 bits per heavy atom. The zero-order valence-electron chi connectivity index (χ0n) is 13.5. The maximum atomic E-state index is 12.1. The summed E-state index contributed by atoms with van der Waals surface area (Å²) in [4.78, 5) is 16.2. The summed E-state index contributed by atoms with van der Waals surface area (Å²) in [6.45, 7) is 2.15. The Morgan fingerprint density at radius 3 is 2.46 bits per heavy atom. The van der Waals surface area contributed by atoms with Crippen LogP contribution in [0.15, 0.2) is 53.6 Å². The predicted octanol–water partition coefficient (Wildman–Crippen LogP) is 1.11. The highest BCUT2D eigenvalue weighted by Crippen LogP contribution is 2.11. The van der Waals surface area contributed by atoms with Gasteiger partial charge in [-0.05, 0) is 31.7 Å². The lowest BCUT2D eigenvalue weighted by Gasteiger charge is -2.15. The van der Waals surface area contributed by atoms with Gasteiger partial charge < -0.3 is 10.6 Å². The van der Waals surface area contributed by atoms with Crippen LogP contribution in [0.2, 0.25) is 0 Å². The van der Waals surface area contributed by atoms with Crippen molar-refractivity contribution in [1.82, 2.24) is 15.0 Å². The second kappa shape index (κ2) is 7.89. The van der Waals surface area contributed by atoms with Crippen LogP contribution in [0, 0.1) is 0 Å². The molecule has 1 aromatic heterocycles. The van der Waals surface area contributed by atoms with Crippen molar-refractivity contribution < 1.29 is 13.2 Å². The van der Waals surface area contributed by atoms with Gasteiger partial charge in [0, 0.05) is 12.7 Å². The van der Waals surface area contributed by atoms with Crippen LogP contribution in [-0.2, 0) is 21.4 Å². The van der Waals surface area contributed by atoms with Crippen molar-refractivity contribution in [3.63, 3.8) is 0 Å². The molecule has 1 atom stereocenters. The lowest BCUT2D eigenvalue weighted by Crippen LogP contribution is -2.37. The number of amides is 1. The van der Waals surface area contributed by atoms with Crippen LogP contribution >= 0.6 is 0 Å². The van der Waals surface area contributed by atoms with Gasteiger partial charge in [-0.25, -0.2) is 18.1 Å². The number of nitrogens with zero attached hydrogens (tertiary/aromatic N) is 1. The van der Waals surface area contributed by atoms with E-state index in [4.69, 9.17) is 0 Å². The third kappa shape index (κ3) is 4.77. The van der Waals surface area contributed by atoms with Gasteiger partial charge in [0.1, 0.15) is 16.8 Å². The summed E-state index contributed by atoms with van der Waals surface area (Å²) < 4.78 is 25.5. The van der Waals surface area contributed by atoms with Crippen LogP contribution in [0.1, 0.15) is 12.5 Å². The molecule has 24 heavy (non-hydrogen) atoms. The largest absolute Gasteiger partial charge is 0.359 e. The summed E-state index contributed by atoms with van der Waals surface area (Å²) in [5.74, 6) is 0.250. The number of carbonyl (C=O) groups excluding carboxylic acids is 1. The molecule has 1 unspecified atom stereocenters. The molecule has 1 amide bonds. The van der Waals surface area contributed by atoms with Gasteiger partial charge >= 0.3 is 0 Å². The summed E-state index contributed by atoms with van der Waals surface area (Å²) in [7, 11) is -2.18. The van der Waals surface area contributed by atoms with E-state index in [0.717, 1.165) is 5.56 Å². The maximum Gasteiger partial charge on any atom is 0.242 e. The van der Waals surface area contributed by atoms with E-state index in [9.17, 15) is 13.2 Å². The molecule has 128 valence electrons. The number of benzene rings is 1. The molecule has 1 aromatic carbocycles. The predicted molar refractivity (Wildman–Crippen MR) is 91.9 cm³/mol. The molecule has 0 radical (unpaired) electrons. The smallest absolute Gasteiger partial charge is 0.242 e. The number of sulfonamides is 1. The molecule has 0 aliphatic carbocycles. The lowest BCUT2D eigenvalue weighted by molar-refractivity contribution is -0.121. The minimum absolute atomic E-state index is 0.0664. The molecule has 2 aromatic rings. The topological polar surface area (TPSA) is 100 Å². The highest BCUT2D eigenvalue weighted by atomic mass is 32.2. The molecule has 0 spiro atoms. The number of nitrogens with one attached hydrogen (secondary N) is 3. The first-order chi connectivity index (χ1) is 11.4. The summed E-state index contributed by atoms with van der Waals surface area (Å²) in [5.41, 5.74) is 1.01. The third-order valence-corrected chi connectivity index (χ3v) is 4.78. The maximum absolute atomic E-state index is 12.1. The van der Waals surface area contributed by atoms with Gasteiger partial charge in [0.25, 0.3) is 0 Å². The molecule has 0 fully saturated rings. The SMILES string of the molecule is CNS(=O)(=O)c1ccc(NC(C)C(=O)NCc2ccccc2)nc1. The zero-order chi connectivity index (χ0) is 17.6. The third-order valence-electron chi connectivity index (χ3n) is 3.38. The van der Waals surface area contributed by atoms with E-state index >= 15 is 0 Å². The highest BCUT2D eigenvalue weighted by Gasteiger charge is 2.15. The molecule has 0 saturated heterocycles. The molecule has 0 saturated carbocycles. The summed E-state index contributed by atoms with van der Waals surface area (Å²) in [6.07, 6.45) is 1.24. The molecular formula is C16H20N4O3S. The van der Waals surface area contributed by atoms with Crippen molar-refractivity contribution in [3.05, 3.63) is 54.2 Å². The minimum Gasteiger partial charge on any atom is -0.359 e. The normalized spacial score (nSPS) is 12.4. The highest BCUT2D eigenvalue weighted by molar-refractivity contribution is 7.89. The molecular weight excluding hydrogens is 328 g/mol. The molecule has 1 heterocycles. The Labute approximate surface area is 141 Å². The van der Waals surface area contributed by atoms with Gasteiger partial charge in [0.05, 0.1) is 0 Å². The number of anilines is 1. The van der Waals surface area contributed by atoms with Crippen molar-refractivity contribution in [3.8, 4) is 0 Å². The van der Waals surface area contributed by atoms with E-state index in [1.54, 1.807) is 6.92 Å². The van der Waals surface area contributed by atoms with Crippen molar-refractivity contribution >= 4 is 21.7 Å². The van der Waals surface area contributed by atoms with Gasteiger partial charge in [-0.1, -0.05) is 30.3 Å². The van der Waals surface area contributed by atoms with Crippen LogP contribution in [0.5, 0.6) is 0 Å². The minimum atomic E-state index is -3.52. The van der Waals surface area contributed by atoms with Crippen LogP contribution in [-0.4, -0.2) is 32.4 Å². The van der Waals surface area contributed by atoms with E-state index in [1.165, 1.54) is 25.4 Å². The van der Waals surface area contributed by atoms with Crippen LogP contribution < -0.4 is 15.4 Å². The second-order valence-corrected chi connectivity index (χ2v) is 7.04. The fraction of sp³-hybridized carbons (Fsp3) is 0.250. The number of hydrogen-bond donors (Lipinski definition) is 3. The fourth-order valence-corrected chi connectivity index (χ4v) is 2.64. The molecule has 0 bridgehead atoms. The quantitative estimate of drug-likeness (QED) is 0.696. The Hall–Kier alpha value is -2.45. The van der Waals surface area contributed by atoms with E-state index in [1.807, 2.05) is 30.3 Å². The van der Waals surface area contributed by atoms with Gasteiger partial charge in [-0.2, -0.15) is 0 Å². The van der Waals surface area contributed by atoms with E-state index in [-0.39, 0.29) is 10.8 Å². The molecule has 0 aliphatic heterocycles. The van der Waals surface area contributed by atoms with Crippen LogP contribution in [0.4, 0.5) is 5.82 Å². The van der Waals surface area contributed by atoms with Crippen molar-refractivity contribution in [1.29, 1.82) is 0 Å². The van der Waals surface area contributed by atoms with Gasteiger partial charge in [0.15, 0.2) is 0 Å². The van der Waals surface area contributed by atoms with Crippen molar-refractivity contribution in [2.45, 2.75) is 24.4 Å². The van der Waals surface area contributed by atoms with Crippen LogP contribution in [0.25, 0.3) is 0 Å². The molecule has 7 nitrogen and oxygen atoms in total. The monoisotopic (exact) mass is 348 g/mol. The standard InChI is InChI=1S/C16H20N4O3S/c1-12(16(21)19-10-13-6-4-3-5-7-13)20-15-9-8-14(11-18-15)24(22,23)17-2/h3-9,11-12,17H,10H2,1-2H3,(H,18,20)(H,19,21). The Morgan fingerprint density at radius 1 is 1.17 bits per heavy atom. The van der Waals surface area contributed by atoms with Gasteiger partial charge in [0.2, 0.25) is 15.9 Å². The lowest BCUT2D eigenvalue weighted by atomic mass is 10.2. The van der Waals surface area contributed by atoms with Gasteiger partial charge in [-0.3, -0.25) is 4.79 Å². The number of hydrogen-bond acceptors (Lipinski definition) is 5. The first-order valence-corrected chi connectivity index (χ1v) is 8.88. The van der Waals surface area contributed by atoms with E-state index < -0.39 is 16.1 Å². The second-order valence-electron chi connectivity index (χ2n) is 5.16. The summed E-state index contributed by atoms with van der Waals surface area (Å²) in [5, 5.41) is 5.76. The van der Waals surface area contributed by atoms with Crippen LogP contribution in [0.3, 0.4) is 0 Å². The number of carbonyl (C=O) groups is 1. The fourth-order valence-electron chi connectivity index (χ4n) is 1.97. The van der Waals surface area contributed by atoms with Gasteiger partial charge in [-0.15, -0.1) is 0 Å². The average molecular weight is 348 g/mol. The summed E-state index contributed by atoms with van der Waals surface area (Å²) >= 11 is 0.